The van der Waals surface area contributed by atoms with Crippen LogP contribution in [0.3, 0.4) is 0 Å². The van der Waals surface area contributed by atoms with E-state index in [0.29, 0.717) is 22.3 Å². The predicted octanol–water partition coefficient (Wildman–Crippen LogP) is 8.37. The summed E-state index contributed by atoms with van der Waals surface area (Å²) in [6.45, 7) is 3.90. The lowest BCUT2D eigenvalue weighted by atomic mass is 9.82. The highest BCUT2D eigenvalue weighted by Gasteiger charge is 2.21. The Kier molecular flexibility index (Phi) is 5.91. The zero-order valence-electron chi connectivity index (χ0n) is 21.0. The molecule has 0 aliphatic heterocycles. The van der Waals surface area contributed by atoms with Crippen LogP contribution in [0.25, 0.3) is 56.3 Å². The topological polar surface area (TPSA) is 0 Å². The number of hydrogen-bond donors (Lipinski definition) is 0. The molecule has 38 heavy (non-hydrogen) atoms. The van der Waals surface area contributed by atoms with Crippen LogP contribution >= 0.6 is 0 Å². The molecule has 4 heteroatoms. The number of hydrogen-bond acceptors (Lipinski definition) is 0. The Morgan fingerprint density at radius 3 is 1.79 bits per heavy atom. The van der Waals surface area contributed by atoms with Crippen LogP contribution in [0.2, 0.25) is 0 Å². The number of benzene rings is 5. The highest BCUT2D eigenvalue weighted by molar-refractivity contribution is 6.04. The van der Waals surface area contributed by atoms with Crippen LogP contribution in [0.15, 0.2) is 72.8 Å². The number of rotatable bonds is 3. The normalized spacial score (nSPS) is 12.7. The third-order valence-electron chi connectivity index (χ3n) is 7.54. The summed E-state index contributed by atoms with van der Waals surface area (Å²) in [7, 11) is 0. The predicted molar refractivity (Wildman–Crippen MR) is 147 cm³/mol. The standard InChI is InChI=1S/C34H24F4/c1-19-29(27-13-11-23(35)17-31(27)37)15-21-7-3-5-9-25(21)33(19)34-20(2)30(16-22-8-4-6-10-26(22)34)28-14-12-24(36)18-32(28)38/h3,5,7-18H,4,6H2,1-2H3. The molecule has 0 atom stereocenters. The van der Waals surface area contributed by atoms with Crippen molar-refractivity contribution in [2.24, 2.45) is 0 Å². The molecular formula is C34H24F4. The third-order valence-corrected chi connectivity index (χ3v) is 7.54. The van der Waals surface area contributed by atoms with Crippen LogP contribution in [-0.2, 0) is 0 Å². The summed E-state index contributed by atoms with van der Waals surface area (Å²) in [6.07, 6.45) is 6.07. The summed E-state index contributed by atoms with van der Waals surface area (Å²) in [5.41, 5.74) is 5.56. The van der Waals surface area contributed by atoms with Gasteiger partial charge < -0.3 is 0 Å². The van der Waals surface area contributed by atoms with E-state index in [1.165, 1.54) is 24.3 Å². The molecule has 5 aromatic rings. The fourth-order valence-electron chi connectivity index (χ4n) is 5.75. The van der Waals surface area contributed by atoms with Crippen molar-refractivity contribution >= 4 is 22.9 Å². The molecule has 0 unspecified atom stereocenters. The first-order valence-electron chi connectivity index (χ1n) is 12.6. The maximum atomic E-state index is 15.0. The molecule has 0 aromatic heterocycles. The lowest BCUT2D eigenvalue weighted by Crippen LogP contribution is -2.30. The van der Waals surface area contributed by atoms with E-state index in [9.17, 15) is 8.78 Å². The molecule has 0 radical (unpaired) electrons. The fourth-order valence-corrected chi connectivity index (χ4v) is 5.75. The Morgan fingerprint density at radius 2 is 1.13 bits per heavy atom. The second kappa shape index (κ2) is 9.29. The van der Waals surface area contributed by atoms with Gasteiger partial charge in [-0.2, -0.15) is 0 Å². The van der Waals surface area contributed by atoms with Crippen molar-refractivity contribution < 1.29 is 17.6 Å². The molecule has 0 saturated carbocycles. The molecule has 0 fully saturated rings. The lowest BCUT2D eigenvalue weighted by Gasteiger charge is -2.22. The number of fused-ring (bicyclic) bond motifs is 2. The van der Waals surface area contributed by atoms with E-state index in [4.69, 9.17) is 0 Å². The van der Waals surface area contributed by atoms with Crippen LogP contribution < -0.4 is 10.4 Å². The Bertz CT molecular complexity index is 1880. The minimum absolute atomic E-state index is 0.318. The van der Waals surface area contributed by atoms with Gasteiger partial charge in [0.05, 0.1) is 0 Å². The Labute approximate surface area is 218 Å². The van der Waals surface area contributed by atoms with Crippen molar-refractivity contribution in [3.8, 4) is 33.4 Å². The van der Waals surface area contributed by atoms with Crippen LogP contribution in [0.5, 0.6) is 0 Å². The second-order valence-corrected chi connectivity index (χ2v) is 9.81. The molecule has 6 rings (SSSR count). The molecule has 188 valence electrons. The molecular weight excluding hydrogens is 484 g/mol. The van der Waals surface area contributed by atoms with Gasteiger partial charge in [0.2, 0.25) is 0 Å². The minimum atomic E-state index is -0.631. The number of halogens is 4. The van der Waals surface area contributed by atoms with E-state index < -0.39 is 23.3 Å². The van der Waals surface area contributed by atoms with Crippen molar-refractivity contribution in [1.29, 1.82) is 0 Å². The summed E-state index contributed by atoms with van der Waals surface area (Å²) in [4.78, 5) is 0. The lowest BCUT2D eigenvalue weighted by molar-refractivity contribution is 0.585. The average molecular weight is 509 g/mol. The zero-order valence-corrected chi connectivity index (χ0v) is 21.0. The van der Waals surface area contributed by atoms with Crippen molar-refractivity contribution in [2.75, 3.05) is 0 Å². The molecule has 0 N–H and O–H groups in total. The summed E-state index contributed by atoms with van der Waals surface area (Å²) >= 11 is 0. The van der Waals surface area contributed by atoms with Gasteiger partial charge in [-0.25, -0.2) is 17.6 Å². The minimum Gasteiger partial charge on any atom is -0.207 e. The summed E-state index contributed by atoms with van der Waals surface area (Å²) in [5, 5.41) is 3.93. The Hall–Kier alpha value is -4.18. The van der Waals surface area contributed by atoms with E-state index in [0.717, 1.165) is 68.4 Å². The summed E-state index contributed by atoms with van der Waals surface area (Å²) in [6, 6.07) is 19.1. The first kappa shape index (κ1) is 24.2. The molecule has 0 saturated heterocycles. The Balaban J connectivity index is 1.77. The van der Waals surface area contributed by atoms with Crippen molar-refractivity contribution in [2.45, 2.75) is 26.7 Å². The van der Waals surface area contributed by atoms with E-state index in [-0.39, 0.29) is 0 Å². The highest BCUT2D eigenvalue weighted by Crippen LogP contribution is 2.41. The maximum absolute atomic E-state index is 15.0. The molecule has 5 aromatic carbocycles. The quantitative estimate of drug-likeness (QED) is 0.215. The van der Waals surface area contributed by atoms with Crippen molar-refractivity contribution in [1.82, 2.24) is 0 Å². The van der Waals surface area contributed by atoms with Gasteiger partial charge in [-0.1, -0.05) is 36.4 Å². The van der Waals surface area contributed by atoms with Gasteiger partial charge in [0.25, 0.3) is 0 Å². The molecule has 0 nitrogen and oxygen atoms in total. The van der Waals surface area contributed by atoms with Crippen LogP contribution in [0, 0.1) is 37.1 Å². The zero-order chi connectivity index (χ0) is 26.6. The first-order chi connectivity index (χ1) is 18.3. The summed E-state index contributed by atoms with van der Waals surface area (Å²) < 4.78 is 57.6. The van der Waals surface area contributed by atoms with Crippen molar-refractivity contribution in [3.05, 3.63) is 118 Å². The van der Waals surface area contributed by atoms with Gasteiger partial charge in [-0.15, -0.1) is 0 Å². The monoisotopic (exact) mass is 508 g/mol. The van der Waals surface area contributed by atoms with Crippen LogP contribution in [-0.4, -0.2) is 0 Å². The third kappa shape index (κ3) is 3.92. The van der Waals surface area contributed by atoms with Gasteiger partial charge in [-0.3, -0.25) is 0 Å². The Morgan fingerprint density at radius 1 is 0.553 bits per heavy atom. The smallest absolute Gasteiger partial charge is 0.133 e. The van der Waals surface area contributed by atoms with Crippen LogP contribution in [0.1, 0.15) is 24.0 Å². The van der Waals surface area contributed by atoms with E-state index in [1.54, 1.807) is 0 Å². The SMILES string of the molecule is Cc1c(-c2ccc(F)cc2F)cc2c(c1-c1c(C)c(-c3ccc(F)cc3F)cc3ccccc13)=CCCC=2. The van der Waals surface area contributed by atoms with Gasteiger partial charge in [0.1, 0.15) is 23.3 Å². The van der Waals surface area contributed by atoms with Gasteiger partial charge >= 0.3 is 0 Å². The molecule has 0 amide bonds. The van der Waals surface area contributed by atoms with E-state index >= 15 is 8.78 Å². The van der Waals surface area contributed by atoms with E-state index in [2.05, 4.69) is 12.2 Å². The molecule has 0 heterocycles. The first-order valence-corrected chi connectivity index (χ1v) is 12.6. The van der Waals surface area contributed by atoms with Gasteiger partial charge in [0.15, 0.2) is 0 Å². The van der Waals surface area contributed by atoms with Gasteiger partial charge in [0, 0.05) is 23.3 Å². The van der Waals surface area contributed by atoms with Gasteiger partial charge in [-0.05, 0) is 118 Å². The summed E-state index contributed by atoms with van der Waals surface area (Å²) in [5.74, 6) is -2.51. The molecule has 1 aliphatic rings. The van der Waals surface area contributed by atoms with Crippen molar-refractivity contribution in [3.63, 3.8) is 0 Å². The highest BCUT2D eigenvalue weighted by atomic mass is 19.1. The molecule has 1 aliphatic carbocycles. The average Bonchev–Trinajstić information content (AvgIpc) is 2.89. The largest absolute Gasteiger partial charge is 0.207 e. The van der Waals surface area contributed by atoms with Crippen LogP contribution in [0.4, 0.5) is 17.6 Å². The maximum Gasteiger partial charge on any atom is 0.133 e. The van der Waals surface area contributed by atoms with E-state index in [1.807, 2.05) is 50.2 Å². The molecule has 0 bridgehead atoms. The second-order valence-electron chi connectivity index (χ2n) is 9.81. The fraction of sp³-hybridized carbons (Fsp3) is 0.118. The molecule has 0 spiro atoms.